The highest BCUT2D eigenvalue weighted by Gasteiger charge is 2.28. The van der Waals surface area contributed by atoms with E-state index in [0.717, 1.165) is 27.8 Å². The van der Waals surface area contributed by atoms with Gasteiger partial charge in [0.15, 0.2) is 0 Å². The van der Waals surface area contributed by atoms with Gasteiger partial charge in [0, 0.05) is 47.8 Å². The van der Waals surface area contributed by atoms with Gasteiger partial charge in [-0.15, -0.1) is 0 Å². The Hall–Kier alpha value is -3.98. The van der Waals surface area contributed by atoms with Crippen LogP contribution in [0.3, 0.4) is 0 Å². The molecule has 1 atom stereocenters. The van der Waals surface area contributed by atoms with Crippen molar-refractivity contribution in [2.24, 2.45) is 0 Å². The number of H-pyrrole nitrogens is 1. The first-order chi connectivity index (χ1) is 17.2. The maximum atomic E-state index is 13.7. The highest BCUT2D eigenvalue weighted by atomic mass is 32.2. The van der Waals surface area contributed by atoms with Crippen molar-refractivity contribution in [3.05, 3.63) is 89.4 Å². The second-order valence-electron chi connectivity index (χ2n) is 8.56. The number of amides is 1. The number of rotatable bonds is 7. The van der Waals surface area contributed by atoms with E-state index in [9.17, 15) is 15.3 Å². The fraction of sp³-hybridized carbons (Fsp3) is 0.222. The second-order valence-corrected chi connectivity index (χ2v) is 9.44. The third kappa shape index (κ3) is 4.81. The van der Waals surface area contributed by atoms with E-state index in [1.54, 1.807) is 6.07 Å². The van der Waals surface area contributed by atoms with Crippen LogP contribution in [-0.4, -0.2) is 32.9 Å². The van der Waals surface area contributed by atoms with E-state index in [1.807, 2.05) is 70.4 Å². The molecule has 174 valence electrons. The van der Waals surface area contributed by atoms with Crippen molar-refractivity contribution < 1.29 is 4.79 Å². The normalized spacial score (nSPS) is 13.7. The molecule has 2 aromatic carbocycles. The zero-order chi connectivity index (χ0) is 24.2. The summed E-state index contributed by atoms with van der Waals surface area (Å²) in [6, 6.07) is 21.4. The van der Waals surface area contributed by atoms with Crippen molar-refractivity contribution in [2.45, 2.75) is 36.9 Å². The fourth-order valence-corrected chi connectivity index (χ4v) is 5.45. The quantitative estimate of drug-likeness (QED) is 0.383. The molecule has 0 fully saturated rings. The van der Waals surface area contributed by atoms with Crippen molar-refractivity contribution in [1.82, 2.24) is 19.2 Å². The van der Waals surface area contributed by atoms with Crippen LogP contribution in [0.15, 0.2) is 71.9 Å². The molecule has 1 aliphatic heterocycles. The van der Waals surface area contributed by atoms with E-state index in [4.69, 9.17) is 0 Å². The highest BCUT2D eigenvalue weighted by Crippen LogP contribution is 2.27. The summed E-state index contributed by atoms with van der Waals surface area (Å²) in [4.78, 5) is 19.9. The van der Waals surface area contributed by atoms with Gasteiger partial charge in [0.25, 0.3) is 0 Å². The smallest absolute Gasteiger partial charge is 0.240 e. The number of aromatic amines is 1. The van der Waals surface area contributed by atoms with E-state index in [2.05, 4.69) is 21.8 Å². The third-order valence-corrected chi connectivity index (χ3v) is 7.40. The Kier molecular flexibility index (Phi) is 6.58. The Bertz CT molecular complexity index is 1460. The summed E-state index contributed by atoms with van der Waals surface area (Å²) < 4.78 is 5.30. The Morgan fingerprint density at radius 2 is 2.03 bits per heavy atom. The number of nitrogens with zero attached hydrogens (tertiary/aromatic N) is 4. The Morgan fingerprint density at radius 3 is 2.89 bits per heavy atom. The zero-order valence-corrected chi connectivity index (χ0v) is 19.9. The lowest BCUT2D eigenvalue weighted by Gasteiger charge is -2.32. The monoisotopic (exact) mass is 480 g/mol. The fourth-order valence-electron chi connectivity index (χ4n) is 4.53. The van der Waals surface area contributed by atoms with Gasteiger partial charge in [-0.2, -0.15) is 10.5 Å². The van der Waals surface area contributed by atoms with Gasteiger partial charge >= 0.3 is 0 Å². The topological polar surface area (TPSA) is 101 Å². The maximum absolute atomic E-state index is 13.7. The first-order valence-electron chi connectivity index (χ1n) is 11.5. The lowest BCUT2D eigenvalue weighted by atomic mass is 9.97. The average Bonchev–Trinajstić information content (AvgIpc) is 3.57. The number of carbonyl (C=O) groups excluding carboxylic acids is 1. The predicted octanol–water partition coefficient (Wildman–Crippen LogP) is 4.35. The first-order valence-corrected chi connectivity index (χ1v) is 12.3. The van der Waals surface area contributed by atoms with E-state index >= 15 is 0 Å². The van der Waals surface area contributed by atoms with Crippen molar-refractivity contribution in [2.75, 3.05) is 6.54 Å². The SMILES string of the molecule is N#Cc1ccc2c(c1)CN(C(=O)C(CCn1cccc1C#N)NSc1cccc3[nH]ccc13)CC2. The number of aromatic nitrogens is 2. The van der Waals surface area contributed by atoms with Crippen LogP contribution in [0.4, 0.5) is 0 Å². The molecule has 4 aromatic rings. The number of hydrogen-bond acceptors (Lipinski definition) is 5. The van der Waals surface area contributed by atoms with Gasteiger partial charge in [0.2, 0.25) is 5.91 Å². The molecule has 2 N–H and O–H groups in total. The molecule has 1 amide bonds. The third-order valence-electron chi connectivity index (χ3n) is 6.43. The molecule has 0 radical (unpaired) electrons. The number of carbonyl (C=O) groups is 1. The summed E-state index contributed by atoms with van der Waals surface area (Å²) in [6.45, 7) is 1.69. The molecule has 2 aromatic heterocycles. The molecule has 35 heavy (non-hydrogen) atoms. The number of nitrogens with one attached hydrogen (secondary N) is 2. The molecule has 5 rings (SSSR count). The zero-order valence-electron chi connectivity index (χ0n) is 19.1. The molecule has 3 heterocycles. The summed E-state index contributed by atoms with van der Waals surface area (Å²) in [6.07, 6.45) is 5.09. The van der Waals surface area contributed by atoms with Crippen LogP contribution >= 0.6 is 11.9 Å². The second kappa shape index (κ2) is 10.1. The van der Waals surface area contributed by atoms with E-state index in [0.29, 0.717) is 37.3 Å². The van der Waals surface area contributed by atoms with Crippen molar-refractivity contribution in [3.63, 3.8) is 0 Å². The van der Waals surface area contributed by atoms with Crippen LogP contribution in [-0.2, 0) is 24.3 Å². The number of fused-ring (bicyclic) bond motifs is 2. The molecule has 0 aliphatic carbocycles. The van der Waals surface area contributed by atoms with Crippen molar-refractivity contribution in [3.8, 4) is 12.1 Å². The predicted molar refractivity (Wildman–Crippen MR) is 135 cm³/mol. The van der Waals surface area contributed by atoms with Crippen LogP contribution in [0.5, 0.6) is 0 Å². The van der Waals surface area contributed by atoms with Gasteiger partial charge in [-0.3, -0.25) is 4.79 Å². The van der Waals surface area contributed by atoms with Crippen LogP contribution in [0.25, 0.3) is 10.9 Å². The van der Waals surface area contributed by atoms with Crippen LogP contribution in [0, 0.1) is 22.7 Å². The lowest BCUT2D eigenvalue weighted by molar-refractivity contribution is -0.134. The molecule has 8 heteroatoms. The summed E-state index contributed by atoms with van der Waals surface area (Å²) >= 11 is 1.46. The maximum Gasteiger partial charge on any atom is 0.240 e. The number of hydrogen-bond donors (Lipinski definition) is 2. The molecular weight excluding hydrogens is 456 g/mol. The largest absolute Gasteiger partial charge is 0.361 e. The van der Waals surface area contributed by atoms with Gasteiger partial charge in [0.1, 0.15) is 11.8 Å². The van der Waals surface area contributed by atoms with Gasteiger partial charge < -0.3 is 14.5 Å². The molecule has 0 saturated heterocycles. The van der Waals surface area contributed by atoms with Gasteiger partial charge in [-0.05, 0) is 78.4 Å². The Morgan fingerprint density at radius 1 is 1.11 bits per heavy atom. The van der Waals surface area contributed by atoms with Crippen molar-refractivity contribution in [1.29, 1.82) is 10.5 Å². The molecule has 0 saturated carbocycles. The summed E-state index contributed by atoms with van der Waals surface area (Å²) in [5.41, 5.74) is 4.46. The van der Waals surface area contributed by atoms with Gasteiger partial charge in [-0.25, -0.2) is 4.72 Å². The molecular formula is C27H24N6OS. The number of benzene rings is 2. The minimum atomic E-state index is -0.441. The Labute approximate surface area is 208 Å². The van der Waals surface area contributed by atoms with Gasteiger partial charge in [-0.1, -0.05) is 12.1 Å². The molecule has 0 bridgehead atoms. The van der Waals surface area contributed by atoms with E-state index in [-0.39, 0.29) is 5.91 Å². The molecule has 1 unspecified atom stereocenters. The molecule has 0 spiro atoms. The van der Waals surface area contributed by atoms with Gasteiger partial charge in [0.05, 0.1) is 17.7 Å². The summed E-state index contributed by atoms with van der Waals surface area (Å²) in [5.74, 6) is 0.0254. The van der Waals surface area contributed by atoms with E-state index < -0.39 is 6.04 Å². The molecule has 7 nitrogen and oxygen atoms in total. The highest BCUT2D eigenvalue weighted by molar-refractivity contribution is 7.97. The molecule has 1 aliphatic rings. The lowest BCUT2D eigenvalue weighted by Crippen LogP contribution is -2.46. The number of aryl methyl sites for hydroxylation is 1. The van der Waals surface area contributed by atoms with Crippen molar-refractivity contribution >= 4 is 28.8 Å². The standard InChI is InChI=1S/C27H24N6OS/c28-16-19-6-7-20-9-13-33(18-21(20)15-19)27(34)25(10-14-32-12-2-3-22(32)17-29)31-35-26-5-1-4-24-23(26)8-11-30-24/h1-8,11-12,15,25,30-31H,9-10,13-14,18H2. The first kappa shape index (κ1) is 22.8. The minimum Gasteiger partial charge on any atom is -0.361 e. The summed E-state index contributed by atoms with van der Waals surface area (Å²) in [7, 11) is 0. The van der Waals surface area contributed by atoms with Crippen LogP contribution in [0.2, 0.25) is 0 Å². The van der Waals surface area contributed by atoms with Crippen LogP contribution < -0.4 is 4.72 Å². The summed E-state index contributed by atoms with van der Waals surface area (Å²) in [5, 5.41) is 19.7. The van der Waals surface area contributed by atoms with E-state index in [1.165, 1.54) is 17.5 Å². The number of nitriles is 2. The average molecular weight is 481 g/mol. The van der Waals surface area contributed by atoms with Crippen LogP contribution in [0.1, 0.15) is 28.8 Å². The Balaban J connectivity index is 1.35. The minimum absolute atomic E-state index is 0.0254.